The molecule has 0 spiro atoms. The number of nitrogens with one attached hydrogen (secondary N) is 1. The summed E-state index contributed by atoms with van der Waals surface area (Å²) in [7, 11) is 3.88. The van der Waals surface area contributed by atoms with Crippen LogP contribution in [0.3, 0.4) is 0 Å². The molecule has 0 radical (unpaired) electrons. The van der Waals surface area contributed by atoms with E-state index in [0.717, 1.165) is 11.3 Å². The fourth-order valence-electron chi connectivity index (χ4n) is 5.58. The number of carbonyl (C=O) groups excluding carboxylic acids is 3. The average Bonchev–Trinajstić information content (AvgIpc) is 3.06. The number of anilines is 2. The van der Waals surface area contributed by atoms with Gasteiger partial charge in [0.15, 0.2) is 0 Å². The van der Waals surface area contributed by atoms with Crippen molar-refractivity contribution in [3.63, 3.8) is 0 Å². The molecule has 4 aromatic rings. The molecule has 1 aliphatic rings. The second kappa shape index (κ2) is 16.5. The van der Waals surface area contributed by atoms with Crippen LogP contribution in [-0.2, 0) is 14.3 Å². The predicted molar refractivity (Wildman–Crippen MR) is 173 cm³/mol. The molecule has 10 heteroatoms. The van der Waals surface area contributed by atoms with Crippen LogP contribution in [0, 0.1) is 0 Å². The van der Waals surface area contributed by atoms with E-state index >= 15 is 0 Å². The quantitative estimate of drug-likeness (QED) is 0.244. The Labute approximate surface area is 292 Å². The minimum atomic E-state index is -1.41. The fraction of sp³-hybridized carbons (Fsp3) is 0.250. The van der Waals surface area contributed by atoms with Crippen molar-refractivity contribution in [1.29, 1.82) is 0 Å². The van der Waals surface area contributed by atoms with Crippen LogP contribution in [0.1, 0.15) is 27.5 Å². The maximum Gasteiger partial charge on any atom is 1.00 e. The second-order valence-electron chi connectivity index (χ2n) is 11.2. The molecule has 0 bridgehead atoms. The Hall–Kier alpha value is -3.99. The summed E-state index contributed by atoms with van der Waals surface area (Å²) in [5, 5.41) is 14.5. The summed E-state index contributed by atoms with van der Waals surface area (Å²) in [6.45, 7) is 1.85. The molecule has 1 heterocycles. The van der Waals surface area contributed by atoms with E-state index in [1.165, 1.54) is 23.3 Å². The van der Waals surface area contributed by atoms with Crippen molar-refractivity contribution < 1.29 is 53.8 Å². The molecule has 4 aromatic carbocycles. The zero-order valence-electron chi connectivity index (χ0n) is 26.5. The van der Waals surface area contributed by atoms with Crippen LogP contribution < -0.4 is 44.9 Å². The first-order chi connectivity index (χ1) is 21.8. The van der Waals surface area contributed by atoms with Crippen LogP contribution in [0.4, 0.5) is 11.4 Å². The number of nitrogens with zero attached hydrogens (tertiary/aromatic N) is 3. The normalized spacial score (nSPS) is 13.2. The maximum absolute atomic E-state index is 12.9. The van der Waals surface area contributed by atoms with E-state index in [1.807, 2.05) is 79.7 Å². The molecule has 1 aliphatic heterocycles. The average molecular weight is 629 g/mol. The predicted octanol–water partition coefficient (Wildman–Crippen LogP) is 0.676. The fourth-order valence-corrected chi connectivity index (χ4v) is 5.58. The smallest absolute Gasteiger partial charge is 0.545 e. The van der Waals surface area contributed by atoms with Crippen LogP contribution in [0.15, 0.2) is 103 Å². The Morgan fingerprint density at radius 1 is 0.783 bits per heavy atom. The van der Waals surface area contributed by atoms with Crippen molar-refractivity contribution in [2.24, 2.45) is 0 Å². The standard InChI is InChI=1S/C36H38N4O5.Na/c1-38(2)30-16-13-26(14-17-30)29-15-18-32(31(23-29)36(43)44)37-33(41)24-45-25-34(42)39-19-21-40(22-20-39)35(27-9-5-3-6-10-27)28-11-7-4-8-12-28;/h3-18,23,35H,19-22,24-25H2,1-2H3,(H,37,41)(H,43,44);/q;+1/p-1. The molecular weight excluding hydrogens is 591 g/mol. The Bertz CT molecular complexity index is 1570. The molecule has 46 heavy (non-hydrogen) atoms. The number of carboxylic acid groups (broad SMARTS) is 1. The van der Waals surface area contributed by atoms with Gasteiger partial charge in [-0.15, -0.1) is 0 Å². The Kier molecular flexibility index (Phi) is 12.5. The van der Waals surface area contributed by atoms with Gasteiger partial charge < -0.3 is 29.8 Å². The minimum Gasteiger partial charge on any atom is -0.545 e. The zero-order chi connectivity index (χ0) is 31.8. The van der Waals surface area contributed by atoms with Gasteiger partial charge in [0.05, 0.1) is 12.0 Å². The summed E-state index contributed by atoms with van der Waals surface area (Å²) in [5.74, 6) is -2.17. The van der Waals surface area contributed by atoms with Gasteiger partial charge in [-0.1, -0.05) is 78.9 Å². The van der Waals surface area contributed by atoms with Gasteiger partial charge in [-0.3, -0.25) is 14.5 Å². The van der Waals surface area contributed by atoms with E-state index in [2.05, 4.69) is 34.5 Å². The van der Waals surface area contributed by atoms with Gasteiger partial charge >= 0.3 is 29.6 Å². The first-order valence-corrected chi connectivity index (χ1v) is 14.9. The molecule has 5 rings (SSSR count). The van der Waals surface area contributed by atoms with Gasteiger partial charge in [0.1, 0.15) is 13.2 Å². The monoisotopic (exact) mass is 628 g/mol. The van der Waals surface area contributed by atoms with Crippen molar-refractivity contribution >= 4 is 29.2 Å². The van der Waals surface area contributed by atoms with E-state index in [9.17, 15) is 19.5 Å². The van der Waals surface area contributed by atoms with Gasteiger partial charge in [-0.05, 0) is 46.5 Å². The molecule has 0 unspecified atom stereocenters. The molecule has 1 N–H and O–H groups in total. The van der Waals surface area contributed by atoms with Crippen LogP contribution >= 0.6 is 0 Å². The largest absolute Gasteiger partial charge is 1.00 e. The third-order valence-electron chi connectivity index (χ3n) is 7.95. The van der Waals surface area contributed by atoms with Gasteiger partial charge in [0.2, 0.25) is 11.8 Å². The summed E-state index contributed by atoms with van der Waals surface area (Å²) in [4.78, 5) is 43.5. The van der Waals surface area contributed by atoms with Gasteiger partial charge in [0.25, 0.3) is 0 Å². The topological polar surface area (TPSA) is 105 Å². The number of aromatic carboxylic acids is 1. The van der Waals surface area contributed by atoms with Crippen LogP contribution in [0.5, 0.6) is 0 Å². The molecule has 9 nitrogen and oxygen atoms in total. The number of rotatable bonds is 11. The third-order valence-corrected chi connectivity index (χ3v) is 7.95. The van der Waals surface area contributed by atoms with Crippen LogP contribution in [0.2, 0.25) is 0 Å². The Balaban J connectivity index is 0.00000480. The van der Waals surface area contributed by atoms with E-state index in [1.54, 1.807) is 11.0 Å². The van der Waals surface area contributed by atoms with E-state index < -0.39 is 18.5 Å². The molecule has 0 atom stereocenters. The number of hydrogen-bond donors (Lipinski definition) is 1. The second-order valence-corrected chi connectivity index (χ2v) is 11.2. The Morgan fingerprint density at radius 2 is 1.35 bits per heavy atom. The summed E-state index contributed by atoms with van der Waals surface area (Å²) >= 11 is 0. The zero-order valence-corrected chi connectivity index (χ0v) is 28.5. The number of benzene rings is 4. The van der Waals surface area contributed by atoms with Gasteiger partial charge in [-0.2, -0.15) is 0 Å². The van der Waals surface area contributed by atoms with Gasteiger partial charge in [0, 0.05) is 57.2 Å². The molecule has 1 fully saturated rings. The minimum absolute atomic E-state index is 0. The van der Waals surface area contributed by atoms with Crippen molar-refractivity contribution in [3.05, 3.63) is 120 Å². The van der Waals surface area contributed by atoms with E-state index in [0.29, 0.717) is 31.7 Å². The van der Waals surface area contributed by atoms with Crippen molar-refractivity contribution in [2.75, 3.05) is 63.7 Å². The van der Waals surface area contributed by atoms with E-state index in [4.69, 9.17) is 4.74 Å². The molecule has 1 saturated heterocycles. The summed E-state index contributed by atoms with van der Waals surface area (Å²) in [6, 6.07) is 33.2. The SMILES string of the molecule is CN(C)c1ccc(-c2ccc(NC(=O)COCC(=O)N3CCN(C(c4ccccc4)c4ccccc4)CC3)c(C(=O)[O-])c2)cc1.[Na+]. The molecular formula is C36H37N4NaO5. The number of carboxylic acids is 1. The molecule has 232 valence electrons. The first kappa shape index (κ1) is 34.9. The number of ether oxygens (including phenoxy) is 1. The first-order valence-electron chi connectivity index (χ1n) is 14.9. The summed E-state index contributed by atoms with van der Waals surface area (Å²) < 4.78 is 5.44. The number of hydrogen-bond acceptors (Lipinski definition) is 7. The summed E-state index contributed by atoms with van der Waals surface area (Å²) in [6.07, 6.45) is 0. The molecule has 0 aromatic heterocycles. The number of piperazine rings is 1. The van der Waals surface area contributed by atoms with Crippen molar-refractivity contribution in [3.8, 4) is 11.1 Å². The molecule has 0 aliphatic carbocycles. The number of carbonyl (C=O) groups is 3. The molecule has 0 saturated carbocycles. The Morgan fingerprint density at radius 3 is 1.89 bits per heavy atom. The van der Waals surface area contributed by atoms with Crippen LogP contribution in [0.25, 0.3) is 11.1 Å². The van der Waals surface area contributed by atoms with Crippen molar-refractivity contribution in [1.82, 2.24) is 9.80 Å². The van der Waals surface area contributed by atoms with E-state index in [-0.39, 0.29) is 59.4 Å². The van der Waals surface area contributed by atoms with Crippen molar-refractivity contribution in [2.45, 2.75) is 6.04 Å². The summed E-state index contributed by atoms with van der Waals surface area (Å²) in [5.41, 5.74) is 4.89. The maximum atomic E-state index is 12.9. The van der Waals surface area contributed by atoms with Crippen LogP contribution in [-0.4, -0.2) is 81.1 Å². The van der Waals surface area contributed by atoms with Gasteiger partial charge in [-0.25, -0.2) is 0 Å². The third kappa shape index (κ3) is 8.84. The molecule has 2 amide bonds. The number of amides is 2.